The monoisotopic (exact) mass is 264 g/mol. The van der Waals surface area contributed by atoms with Crippen LogP contribution >= 0.6 is 0 Å². The third-order valence-corrected chi connectivity index (χ3v) is 2.88. The Bertz CT molecular complexity index is 379. The molecule has 0 aromatic heterocycles. The van der Waals surface area contributed by atoms with Gasteiger partial charge in [-0.25, -0.2) is 0 Å². The fourth-order valence-electron chi connectivity index (χ4n) is 1.90. The van der Waals surface area contributed by atoms with Gasteiger partial charge in [0.25, 0.3) is 0 Å². The Morgan fingerprint density at radius 1 is 1.32 bits per heavy atom. The Hall–Kier alpha value is -1.39. The molecule has 0 radical (unpaired) electrons. The second-order valence-corrected chi connectivity index (χ2v) is 4.98. The Kier molecular flexibility index (Phi) is 6.53. The molecular formula is C15H24N2O2. The van der Waals surface area contributed by atoms with Gasteiger partial charge in [-0.1, -0.05) is 37.3 Å². The Morgan fingerprint density at radius 3 is 2.47 bits per heavy atom. The average Bonchev–Trinajstić information content (AvgIpc) is 2.37. The number of nitrogens with one attached hydrogen (secondary N) is 1. The van der Waals surface area contributed by atoms with Crippen LogP contribution in [-0.4, -0.2) is 41.6 Å². The number of hydrogen-bond donors (Lipinski definition) is 2. The van der Waals surface area contributed by atoms with Gasteiger partial charge in [0, 0.05) is 12.6 Å². The number of carbonyl (C=O) groups is 1. The van der Waals surface area contributed by atoms with E-state index in [2.05, 4.69) is 5.32 Å². The van der Waals surface area contributed by atoms with E-state index in [-0.39, 0.29) is 11.9 Å². The van der Waals surface area contributed by atoms with Crippen LogP contribution in [0.25, 0.3) is 0 Å². The zero-order valence-corrected chi connectivity index (χ0v) is 12.0. The molecule has 1 rings (SSSR count). The summed E-state index contributed by atoms with van der Waals surface area (Å²) >= 11 is 0. The average molecular weight is 264 g/mol. The predicted octanol–water partition coefficient (Wildman–Crippen LogP) is 1.57. The van der Waals surface area contributed by atoms with Crippen molar-refractivity contribution in [3.05, 3.63) is 35.9 Å². The fraction of sp³-hybridized carbons (Fsp3) is 0.533. The van der Waals surface area contributed by atoms with E-state index in [1.54, 1.807) is 0 Å². The molecule has 0 saturated carbocycles. The first-order valence-electron chi connectivity index (χ1n) is 6.77. The van der Waals surface area contributed by atoms with Crippen LogP contribution < -0.4 is 5.32 Å². The molecule has 0 aliphatic rings. The molecular weight excluding hydrogens is 240 g/mol. The zero-order chi connectivity index (χ0) is 14.3. The molecule has 1 unspecified atom stereocenters. The van der Waals surface area contributed by atoms with E-state index in [0.717, 1.165) is 12.1 Å². The van der Waals surface area contributed by atoms with Crippen LogP contribution in [0.4, 0.5) is 0 Å². The molecule has 1 aromatic rings. The van der Waals surface area contributed by atoms with Crippen molar-refractivity contribution in [3.8, 4) is 0 Å². The van der Waals surface area contributed by atoms with Gasteiger partial charge >= 0.3 is 0 Å². The van der Waals surface area contributed by atoms with Crippen molar-refractivity contribution >= 4 is 5.91 Å². The highest BCUT2D eigenvalue weighted by Crippen LogP contribution is 2.13. The van der Waals surface area contributed by atoms with Crippen LogP contribution in [0.2, 0.25) is 0 Å². The Labute approximate surface area is 115 Å². The summed E-state index contributed by atoms with van der Waals surface area (Å²) in [6.45, 7) is 7.38. The number of benzene rings is 1. The first-order valence-corrected chi connectivity index (χ1v) is 6.77. The van der Waals surface area contributed by atoms with Crippen LogP contribution in [0.15, 0.2) is 30.3 Å². The van der Waals surface area contributed by atoms with Crippen LogP contribution in [0, 0.1) is 0 Å². The maximum absolute atomic E-state index is 11.7. The van der Waals surface area contributed by atoms with Crippen molar-refractivity contribution in [3.63, 3.8) is 0 Å². The molecule has 1 aromatic carbocycles. The van der Waals surface area contributed by atoms with Crippen molar-refractivity contribution in [2.75, 3.05) is 19.6 Å². The highest BCUT2D eigenvalue weighted by Gasteiger charge is 2.15. The van der Waals surface area contributed by atoms with E-state index in [4.69, 9.17) is 0 Å². The van der Waals surface area contributed by atoms with Gasteiger partial charge in [0.05, 0.1) is 12.6 Å². The van der Waals surface area contributed by atoms with Gasteiger partial charge < -0.3 is 10.4 Å². The predicted molar refractivity (Wildman–Crippen MR) is 76.8 cm³/mol. The molecule has 4 nitrogen and oxygen atoms in total. The number of nitrogens with zero attached hydrogens (tertiary/aromatic N) is 1. The van der Waals surface area contributed by atoms with E-state index in [1.807, 2.05) is 56.0 Å². The summed E-state index contributed by atoms with van der Waals surface area (Å²) in [6.07, 6.45) is -0.562. The third kappa shape index (κ3) is 5.85. The highest BCUT2D eigenvalue weighted by molar-refractivity contribution is 5.78. The number of carbonyl (C=O) groups excluding carboxylic acids is 1. The first-order chi connectivity index (χ1) is 9.02. The van der Waals surface area contributed by atoms with Crippen LogP contribution in [0.1, 0.15) is 32.4 Å². The summed E-state index contributed by atoms with van der Waals surface area (Å²) in [5.74, 6) is -0.00267. The molecule has 1 atom stereocenters. The van der Waals surface area contributed by atoms with E-state index < -0.39 is 6.10 Å². The molecule has 106 valence electrons. The molecule has 1 amide bonds. The summed E-state index contributed by atoms with van der Waals surface area (Å²) in [5, 5.41) is 13.0. The Morgan fingerprint density at radius 2 is 1.95 bits per heavy atom. The molecule has 0 spiro atoms. The van der Waals surface area contributed by atoms with Crippen molar-refractivity contribution in [2.24, 2.45) is 0 Å². The number of aliphatic hydroxyl groups is 1. The fourth-order valence-corrected chi connectivity index (χ4v) is 1.90. The van der Waals surface area contributed by atoms with Crippen LogP contribution in [0.5, 0.6) is 0 Å². The zero-order valence-electron chi connectivity index (χ0n) is 12.0. The van der Waals surface area contributed by atoms with Gasteiger partial charge in [0.1, 0.15) is 0 Å². The maximum atomic E-state index is 11.7. The lowest BCUT2D eigenvalue weighted by Crippen LogP contribution is -2.41. The van der Waals surface area contributed by atoms with Crippen molar-refractivity contribution in [2.45, 2.75) is 32.9 Å². The lowest BCUT2D eigenvalue weighted by atomic mass is 10.1. The highest BCUT2D eigenvalue weighted by atomic mass is 16.3. The van der Waals surface area contributed by atoms with E-state index >= 15 is 0 Å². The van der Waals surface area contributed by atoms with Gasteiger partial charge in [-0.15, -0.1) is 0 Å². The lowest BCUT2D eigenvalue weighted by Gasteiger charge is -2.23. The minimum absolute atomic E-state index is 0.00267. The van der Waals surface area contributed by atoms with Gasteiger partial charge in [0.2, 0.25) is 5.91 Å². The van der Waals surface area contributed by atoms with Gasteiger partial charge in [-0.3, -0.25) is 9.69 Å². The van der Waals surface area contributed by atoms with E-state index in [0.29, 0.717) is 13.1 Å². The van der Waals surface area contributed by atoms with Crippen molar-refractivity contribution < 1.29 is 9.90 Å². The van der Waals surface area contributed by atoms with Crippen LogP contribution in [-0.2, 0) is 4.79 Å². The van der Waals surface area contributed by atoms with Crippen LogP contribution in [0.3, 0.4) is 0 Å². The molecule has 0 aliphatic carbocycles. The molecule has 4 heteroatoms. The minimum atomic E-state index is -0.562. The second-order valence-electron chi connectivity index (χ2n) is 4.98. The summed E-state index contributed by atoms with van der Waals surface area (Å²) in [5.41, 5.74) is 0.880. The Balaban J connectivity index is 2.50. The molecule has 0 bridgehead atoms. The first kappa shape index (κ1) is 15.7. The van der Waals surface area contributed by atoms with Gasteiger partial charge in [-0.05, 0) is 26.0 Å². The molecule has 19 heavy (non-hydrogen) atoms. The van der Waals surface area contributed by atoms with Gasteiger partial charge in [-0.2, -0.15) is 0 Å². The third-order valence-electron chi connectivity index (χ3n) is 2.88. The van der Waals surface area contributed by atoms with Gasteiger partial charge in [0.15, 0.2) is 0 Å². The molecule has 0 heterocycles. The van der Waals surface area contributed by atoms with E-state index in [1.165, 1.54) is 0 Å². The normalized spacial score (nSPS) is 12.7. The maximum Gasteiger partial charge on any atom is 0.234 e. The summed E-state index contributed by atoms with van der Waals surface area (Å²) in [7, 11) is 0. The largest absolute Gasteiger partial charge is 0.387 e. The topological polar surface area (TPSA) is 52.6 Å². The number of aliphatic hydroxyl groups excluding tert-OH is 1. The number of rotatable bonds is 7. The minimum Gasteiger partial charge on any atom is -0.387 e. The van der Waals surface area contributed by atoms with Crippen molar-refractivity contribution in [1.29, 1.82) is 0 Å². The second kappa shape index (κ2) is 7.92. The quantitative estimate of drug-likeness (QED) is 0.786. The molecule has 0 fully saturated rings. The summed E-state index contributed by atoms with van der Waals surface area (Å²) < 4.78 is 0. The molecule has 2 N–H and O–H groups in total. The standard InChI is InChI=1S/C15H24N2O2/c1-4-17(11-15(19)16-12(2)3)10-14(18)13-8-6-5-7-9-13/h5-9,12,14,18H,4,10-11H2,1-3H3,(H,16,19). The lowest BCUT2D eigenvalue weighted by molar-refractivity contribution is -0.123. The summed E-state index contributed by atoms with van der Waals surface area (Å²) in [6, 6.07) is 9.66. The number of hydrogen-bond acceptors (Lipinski definition) is 3. The van der Waals surface area contributed by atoms with E-state index in [9.17, 15) is 9.90 Å². The molecule has 0 saturated heterocycles. The summed E-state index contributed by atoms with van der Waals surface area (Å²) in [4.78, 5) is 13.6. The number of amides is 1. The van der Waals surface area contributed by atoms with Crippen molar-refractivity contribution in [1.82, 2.24) is 10.2 Å². The SMILES string of the molecule is CCN(CC(=O)NC(C)C)CC(O)c1ccccc1. The number of likely N-dealkylation sites (N-methyl/N-ethyl adjacent to an activating group) is 1. The molecule has 0 aliphatic heterocycles. The smallest absolute Gasteiger partial charge is 0.234 e.